The van der Waals surface area contributed by atoms with Crippen LogP contribution in [0.3, 0.4) is 0 Å². The van der Waals surface area contributed by atoms with Crippen LogP contribution in [0.5, 0.6) is 17.2 Å². The van der Waals surface area contributed by atoms with E-state index in [9.17, 15) is 9.59 Å². The van der Waals surface area contributed by atoms with E-state index in [4.69, 9.17) is 14.2 Å². The third-order valence-corrected chi connectivity index (χ3v) is 5.74. The maximum Gasteiger partial charge on any atom is 0.275 e. The number of carbonyl (C=O) groups excluding carboxylic acids is 1. The van der Waals surface area contributed by atoms with E-state index in [1.54, 1.807) is 24.3 Å². The smallest absolute Gasteiger partial charge is 0.275 e. The first-order valence-corrected chi connectivity index (χ1v) is 10.6. The number of thiophene rings is 1. The zero-order valence-electron chi connectivity index (χ0n) is 17.7. The van der Waals surface area contributed by atoms with Crippen LogP contribution in [0.25, 0.3) is 21.3 Å². The molecule has 4 aromatic rings. The van der Waals surface area contributed by atoms with Gasteiger partial charge in [-0.15, -0.1) is 11.3 Å². The van der Waals surface area contributed by atoms with Crippen molar-refractivity contribution in [3.05, 3.63) is 64.3 Å². The molecule has 2 heterocycles. The lowest BCUT2D eigenvalue weighted by Gasteiger charge is -2.15. The zero-order chi connectivity index (χ0) is 22.7. The molecule has 9 heteroatoms. The van der Waals surface area contributed by atoms with Crippen LogP contribution in [0.1, 0.15) is 0 Å². The Morgan fingerprint density at radius 2 is 1.69 bits per heavy atom. The van der Waals surface area contributed by atoms with Gasteiger partial charge in [0.15, 0.2) is 11.5 Å². The van der Waals surface area contributed by atoms with Gasteiger partial charge >= 0.3 is 0 Å². The summed E-state index contributed by atoms with van der Waals surface area (Å²) < 4.78 is 17.1. The Morgan fingerprint density at radius 3 is 2.28 bits per heavy atom. The Labute approximate surface area is 188 Å². The van der Waals surface area contributed by atoms with Crippen molar-refractivity contribution >= 4 is 33.7 Å². The second-order valence-corrected chi connectivity index (χ2v) is 7.74. The molecular weight excluding hydrogens is 430 g/mol. The van der Waals surface area contributed by atoms with Crippen molar-refractivity contribution < 1.29 is 19.0 Å². The maximum absolute atomic E-state index is 13.0. The standard InChI is InChI=1S/C23H21N3O5S/c1-29-17-11-14(12-18(30-2)22(17)31-3)24-20(27)13-26-23(28)16-8-5-4-7-15(16)21(25-26)19-9-6-10-32-19/h4-12H,13H2,1-3H3,(H,24,27). The minimum Gasteiger partial charge on any atom is -0.493 e. The molecule has 0 aliphatic rings. The molecule has 1 amide bonds. The monoisotopic (exact) mass is 451 g/mol. The molecule has 164 valence electrons. The van der Waals surface area contributed by atoms with Crippen LogP contribution in [0, 0.1) is 0 Å². The van der Waals surface area contributed by atoms with Crippen molar-refractivity contribution in [2.24, 2.45) is 0 Å². The van der Waals surface area contributed by atoms with E-state index >= 15 is 0 Å². The van der Waals surface area contributed by atoms with Gasteiger partial charge < -0.3 is 19.5 Å². The molecular formula is C23H21N3O5S. The van der Waals surface area contributed by atoms with Crippen LogP contribution in [0.2, 0.25) is 0 Å². The summed E-state index contributed by atoms with van der Waals surface area (Å²) in [7, 11) is 4.49. The molecule has 0 saturated carbocycles. The SMILES string of the molecule is COc1cc(NC(=O)Cn2nc(-c3cccs3)c3ccccc3c2=O)cc(OC)c1OC. The molecule has 0 atom stereocenters. The van der Waals surface area contributed by atoms with Crippen LogP contribution >= 0.6 is 11.3 Å². The number of fused-ring (bicyclic) bond motifs is 1. The van der Waals surface area contributed by atoms with E-state index < -0.39 is 5.91 Å². The van der Waals surface area contributed by atoms with Crippen LogP contribution in [-0.4, -0.2) is 37.0 Å². The maximum atomic E-state index is 13.0. The van der Waals surface area contributed by atoms with E-state index in [0.29, 0.717) is 34.0 Å². The lowest BCUT2D eigenvalue weighted by molar-refractivity contribution is -0.117. The van der Waals surface area contributed by atoms with Gasteiger partial charge in [-0.1, -0.05) is 24.3 Å². The predicted molar refractivity (Wildman–Crippen MR) is 124 cm³/mol. The van der Waals surface area contributed by atoms with Gasteiger partial charge in [-0.05, 0) is 17.5 Å². The van der Waals surface area contributed by atoms with Crippen molar-refractivity contribution in [2.75, 3.05) is 26.6 Å². The number of aromatic nitrogens is 2. The van der Waals surface area contributed by atoms with Gasteiger partial charge in [-0.2, -0.15) is 5.10 Å². The number of hydrogen-bond acceptors (Lipinski definition) is 7. The first-order chi connectivity index (χ1) is 15.5. The summed E-state index contributed by atoms with van der Waals surface area (Å²) in [4.78, 5) is 26.7. The number of amides is 1. The third kappa shape index (κ3) is 4.02. The van der Waals surface area contributed by atoms with E-state index in [1.807, 2.05) is 29.6 Å². The molecule has 1 N–H and O–H groups in total. The number of anilines is 1. The predicted octanol–water partition coefficient (Wildman–Crippen LogP) is 3.79. The van der Waals surface area contributed by atoms with Crippen LogP contribution in [-0.2, 0) is 11.3 Å². The number of nitrogens with zero attached hydrogens (tertiary/aromatic N) is 2. The Balaban J connectivity index is 1.68. The summed E-state index contributed by atoms with van der Waals surface area (Å²) in [6.45, 7) is -0.251. The first-order valence-electron chi connectivity index (χ1n) is 9.69. The molecule has 0 saturated heterocycles. The van der Waals surface area contributed by atoms with Gasteiger partial charge in [0.1, 0.15) is 12.2 Å². The van der Waals surface area contributed by atoms with Crippen molar-refractivity contribution in [2.45, 2.75) is 6.54 Å². The van der Waals surface area contributed by atoms with Gasteiger partial charge in [-0.3, -0.25) is 9.59 Å². The van der Waals surface area contributed by atoms with Crippen LogP contribution < -0.4 is 25.1 Å². The van der Waals surface area contributed by atoms with Gasteiger partial charge in [-0.25, -0.2) is 4.68 Å². The molecule has 0 radical (unpaired) electrons. The summed E-state index contributed by atoms with van der Waals surface area (Å²) in [6.07, 6.45) is 0. The molecule has 0 unspecified atom stereocenters. The molecule has 2 aromatic heterocycles. The summed E-state index contributed by atoms with van der Waals surface area (Å²) in [6, 6.07) is 14.3. The fraction of sp³-hybridized carbons (Fsp3) is 0.174. The molecule has 0 spiro atoms. The second-order valence-electron chi connectivity index (χ2n) is 6.80. The van der Waals surface area contributed by atoms with Crippen LogP contribution in [0.4, 0.5) is 5.69 Å². The molecule has 4 rings (SSSR count). The normalized spacial score (nSPS) is 10.7. The summed E-state index contributed by atoms with van der Waals surface area (Å²) in [5, 5.41) is 10.5. The average Bonchev–Trinajstić information content (AvgIpc) is 3.35. The van der Waals surface area contributed by atoms with Gasteiger partial charge in [0.05, 0.1) is 31.6 Å². The largest absolute Gasteiger partial charge is 0.493 e. The average molecular weight is 452 g/mol. The highest BCUT2D eigenvalue weighted by Crippen LogP contribution is 2.40. The molecule has 2 aromatic carbocycles. The van der Waals surface area contributed by atoms with E-state index in [-0.39, 0.29) is 12.1 Å². The summed E-state index contributed by atoms with van der Waals surface area (Å²) in [5.41, 5.74) is 0.772. The number of benzene rings is 2. The molecule has 0 aliphatic carbocycles. The number of rotatable bonds is 7. The van der Waals surface area contributed by atoms with Crippen molar-refractivity contribution in [3.63, 3.8) is 0 Å². The number of hydrogen-bond donors (Lipinski definition) is 1. The first kappa shape index (κ1) is 21.4. The van der Waals surface area contributed by atoms with Crippen molar-refractivity contribution in [3.8, 4) is 27.8 Å². The number of ether oxygens (including phenoxy) is 3. The molecule has 0 bridgehead atoms. The van der Waals surface area contributed by atoms with E-state index in [1.165, 1.54) is 37.3 Å². The lowest BCUT2D eigenvalue weighted by atomic mass is 10.1. The van der Waals surface area contributed by atoms with Crippen LogP contribution in [0.15, 0.2) is 58.7 Å². The highest BCUT2D eigenvalue weighted by molar-refractivity contribution is 7.13. The van der Waals surface area contributed by atoms with Crippen molar-refractivity contribution in [1.29, 1.82) is 0 Å². The molecule has 0 fully saturated rings. The Morgan fingerprint density at radius 1 is 1.00 bits per heavy atom. The van der Waals surface area contributed by atoms with E-state index in [2.05, 4.69) is 10.4 Å². The number of nitrogens with one attached hydrogen (secondary N) is 1. The van der Waals surface area contributed by atoms with Crippen molar-refractivity contribution in [1.82, 2.24) is 9.78 Å². The Bertz CT molecular complexity index is 1310. The second kappa shape index (κ2) is 9.11. The Kier molecular flexibility index (Phi) is 6.09. The minimum atomic E-state index is -0.415. The molecule has 8 nitrogen and oxygen atoms in total. The third-order valence-electron chi connectivity index (χ3n) is 4.86. The summed E-state index contributed by atoms with van der Waals surface area (Å²) >= 11 is 1.52. The van der Waals surface area contributed by atoms with E-state index in [0.717, 1.165) is 10.3 Å². The molecule has 0 aliphatic heterocycles. The highest BCUT2D eigenvalue weighted by Gasteiger charge is 2.17. The summed E-state index contributed by atoms with van der Waals surface area (Å²) in [5.74, 6) is 0.813. The number of methoxy groups -OCH3 is 3. The van der Waals surface area contributed by atoms with Gasteiger partial charge in [0.25, 0.3) is 5.56 Å². The Hall–Kier alpha value is -3.85. The fourth-order valence-electron chi connectivity index (χ4n) is 3.43. The quantitative estimate of drug-likeness (QED) is 0.460. The minimum absolute atomic E-state index is 0.251. The zero-order valence-corrected chi connectivity index (χ0v) is 18.6. The fourth-order valence-corrected chi connectivity index (χ4v) is 4.15. The lowest BCUT2D eigenvalue weighted by Crippen LogP contribution is -2.30. The molecule has 32 heavy (non-hydrogen) atoms. The highest BCUT2D eigenvalue weighted by atomic mass is 32.1. The van der Waals surface area contributed by atoms with Gasteiger partial charge in [0, 0.05) is 23.2 Å². The number of carbonyl (C=O) groups is 1. The topological polar surface area (TPSA) is 91.7 Å². The van der Waals surface area contributed by atoms with Gasteiger partial charge in [0.2, 0.25) is 11.7 Å².